The van der Waals surface area contributed by atoms with Crippen LogP contribution in [0, 0.1) is 11.8 Å². The molecule has 2 saturated heterocycles. The smallest absolute Gasteiger partial charge is 0.418 e. The molecule has 1 N–H and O–H groups in total. The topological polar surface area (TPSA) is 112 Å². The van der Waals surface area contributed by atoms with Crippen molar-refractivity contribution in [2.24, 2.45) is 11.8 Å². The first-order valence-electron chi connectivity index (χ1n) is 25.8. The predicted octanol–water partition coefficient (Wildman–Crippen LogP) is 11.8. The average molecular weight is 958 g/mol. The van der Waals surface area contributed by atoms with Crippen molar-refractivity contribution in [3.05, 3.63) is 145 Å². The molecule has 2 amide bonds. The normalized spacial score (nSPS) is 18.4. The minimum atomic E-state index is -3.10. The fraction of sp³-hybridized carbons (Fsp3) is 0.508. The van der Waals surface area contributed by atoms with Gasteiger partial charge in [-0.05, 0) is 53.9 Å². The molecule has 4 aromatic rings. The van der Waals surface area contributed by atoms with E-state index < -0.39 is 55.1 Å². The monoisotopic (exact) mass is 958 g/mol. The van der Waals surface area contributed by atoms with Gasteiger partial charge in [-0.15, -0.1) is 0 Å². The minimum absolute atomic E-state index is 0.0232. The Bertz CT molecular complexity index is 2160. The molecule has 69 heavy (non-hydrogen) atoms. The van der Waals surface area contributed by atoms with Gasteiger partial charge in [0.25, 0.3) is 8.32 Å². The van der Waals surface area contributed by atoms with Gasteiger partial charge in [0.1, 0.15) is 5.60 Å². The Labute approximate surface area is 414 Å². The molecule has 0 saturated carbocycles. The molecule has 0 aromatic heterocycles. The van der Waals surface area contributed by atoms with E-state index in [4.69, 9.17) is 18.6 Å². The van der Waals surface area contributed by atoms with E-state index in [1.54, 1.807) is 6.08 Å². The van der Waals surface area contributed by atoms with Crippen LogP contribution in [-0.4, -0.2) is 73.4 Å². The van der Waals surface area contributed by atoms with Crippen molar-refractivity contribution in [2.75, 3.05) is 19.8 Å². The highest BCUT2D eigenvalue weighted by atomic mass is 28.4. The number of hydrogen-bond acceptors (Lipinski definition) is 8. The number of aliphatic hydroxyl groups is 1. The van der Waals surface area contributed by atoms with Crippen LogP contribution >= 0.6 is 0 Å². The number of imide groups is 1. The van der Waals surface area contributed by atoms with Crippen LogP contribution in [0.25, 0.3) is 0 Å². The summed E-state index contributed by atoms with van der Waals surface area (Å²) in [6.45, 7) is 15.3. The lowest BCUT2D eigenvalue weighted by atomic mass is 9.74. The molecule has 6 rings (SSSR count). The minimum Gasteiger partial charge on any atom is -0.430 e. The Morgan fingerprint density at radius 2 is 1.23 bits per heavy atom. The molecule has 10 heteroatoms. The first-order valence-corrected chi connectivity index (χ1v) is 27.7. The molecule has 2 aliphatic rings. The molecule has 4 aromatic carbocycles. The Morgan fingerprint density at radius 3 is 1.70 bits per heavy atom. The summed E-state index contributed by atoms with van der Waals surface area (Å²) in [4.78, 5) is 45.6. The maximum absolute atomic E-state index is 15.6. The van der Waals surface area contributed by atoms with Crippen LogP contribution in [0.3, 0.4) is 0 Å². The Hall–Kier alpha value is -4.71. The number of allylic oxidation sites excluding steroid dienone is 1. The number of rotatable bonds is 26. The maximum Gasteiger partial charge on any atom is 0.418 e. The summed E-state index contributed by atoms with van der Waals surface area (Å²) in [7, 11) is -3.10. The lowest BCUT2D eigenvalue weighted by molar-refractivity contribution is -0.168. The van der Waals surface area contributed by atoms with Crippen LogP contribution in [0.15, 0.2) is 133 Å². The van der Waals surface area contributed by atoms with E-state index in [0.29, 0.717) is 19.6 Å². The summed E-state index contributed by atoms with van der Waals surface area (Å²) < 4.78 is 26.1. The molecule has 0 bridgehead atoms. The highest BCUT2D eigenvalue weighted by Gasteiger charge is 2.61. The second kappa shape index (κ2) is 24.4. The second-order valence-electron chi connectivity index (χ2n) is 20.6. The van der Waals surface area contributed by atoms with Crippen molar-refractivity contribution in [2.45, 2.75) is 160 Å². The summed E-state index contributed by atoms with van der Waals surface area (Å²) in [5.41, 5.74) is -2.16. The standard InChI is InChI=1S/C59H79NO8Si/c1-8-9-10-14-29-40-57(65-44-45-66-57)41-30-15-12-11-13-28-39-52(54(62)60-53(46(2)3)59(68-55(60)63,48-31-20-16-21-32-48)49-33-22-17-23-34-49)58(64,47(4)61)42-43-67-69(56(5,6)7,50-35-24-18-25-36-50)51-37-26-19-27-38-51/h16-28,31-39,46,52-53,64H,8-15,29-30,40-45H2,1-7H3/b39-28+. The van der Waals surface area contributed by atoms with Gasteiger partial charge >= 0.3 is 6.09 Å². The SMILES string of the molecule is CCCCCCCC1(CCCCCC/C=C/C(C(=O)N2C(=O)OC(c3ccccc3)(c3ccccc3)C2C(C)C)C(O)(CCO[Si](c2ccccc2)(c2ccccc2)C(C)(C)C)C(C)=O)OCCO1. The summed E-state index contributed by atoms with van der Waals surface area (Å²) in [5, 5.41) is 14.8. The van der Waals surface area contributed by atoms with Gasteiger partial charge in [-0.1, -0.05) is 214 Å². The molecule has 3 atom stereocenters. The van der Waals surface area contributed by atoms with Crippen molar-refractivity contribution in [1.82, 2.24) is 4.90 Å². The molecule has 0 aliphatic carbocycles. The number of carbonyl (C=O) groups excluding carboxylic acids is 3. The molecule has 9 nitrogen and oxygen atoms in total. The third-order valence-electron chi connectivity index (χ3n) is 14.5. The first kappa shape index (κ1) is 53.6. The van der Waals surface area contributed by atoms with Gasteiger partial charge in [-0.25, -0.2) is 9.69 Å². The summed E-state index contributed by atoms with van der Waals surface area (Å²) >= 11 is 0. The molecule has 2 fully saturated rings. The van der Waals surface area contributed by atoms with Gasteiger partial charge in [0.2, 0.25) is 5.91 Å². The molecule has 372 valence electrons. The van der Waals surface area contributed by atoms with E-state index in [0.717, 1.165) is 66.4 Å². The molecular weight excluding hydrogens is 879 g/mol. The molecule has 2 aliphatic heterocycles. The van der Waals surface area contributed by atoms with E-state index in [-0.39, 0.29) is 24.0 Å². The Balaban J connectivity index is 1.29. The maximum atomic E-state index is 15.6. The van der Waals surface area contributed by atoms with Gasteiger partial charge < -0.3 is 23.7 Å². The predicted molar refractivity (Wildman–Crippen MR) is 278 cm³/mol. The number of Topliss-reactive ketones (excluding diaryl/α,β-unsaturated/α-hetero) is 1. The number of ether oxygens (including phenoxy) is 3. The molecule has 2 heterocycles. The highest BCUT2D eigenvalue weighted by molar-refractivity contribution is 6.99. The van der Waals surface area contributed by atoms with Crippen molar-refractivity contribution >= 4 is 36.5 Å². The van der Waals surface area contributed by atoms with E-state index in [2.05, 4.69) is 52.0 Å². The lowest BCUT2D eigenvalue weighted by Gasteiger charge is -2.44. The first-order chi connectivity index (χ1) is 33.2. The van der Waals surface area contributed by atoms with Crippen molar-refractivity contribution in [3.8, 4) is 0 Å². The van der Waals surface area contributed by atoms with Crippen LogP contribution < -0.4 is 10.4 Å². The number of nitrogens with zero attached hydrogens (tertiary/aromatic N) is 1. The highest BCUT2D eigenvalue weighted by Crippen LogP contribution is 2.48. The number of unbranched alkanes of at least 4 members (excludes halogenated alkanes) is 8. The summed E-state index contributed by atoms with van der Waals surface area (Å²) in [6.07, 6.45) is 14.7. The van der Waals surface area contributed by atoms with Crippen LogP contribution in [-0.2, 0) is 33.8 Å². The van der Waals surface area contributed by atoms with E-state index in [1.165, 1.54) is 37.5 Å². The second-order valence-corrected chi connectivity index (χ2v) is 24.9. The van der Waals surface area contributed by atoms with Gasteiger partial charge in [-0.2, -0.15) is 0 Å². The molecule has 0 radical (unpaired) electrons. The third kappa shape index (κ3) is 12.1. The van der Waals surface area contributed by atoms with Crippen LogP contribution in [0.2, 0.25) is 5.04 Å². The van der Waals surface area contributed by atoms with Crippen molar-refractivity contribution in [1.29, 1.82) is 0 Å². The Morgan fingerprint density at radius 1 is 0.754 bits per heavy atom. The van der Waals surface area contributed by atoms with Crippen LogP contribution in [0.5, 0.6) is 0 Å². The summed E-state index contributed by atoms with van der Waals surface area (Å²) in [6, 6.07) is 38.6. The van der Waals surface area contributed by atoms with Crippen LogP contribution in [0.1, 0.15) is 143 Å². The molecule has 3 unspecified atom stereocenters. The molecular formula is C59H79NO8Si. The lowest BCUT2D eigenvalue weighted by Crippen LogP contribution is -2.67. The number of carbonyl (C=O) groups is 3. The Kier molecular flexibility index (Phi) is 19.0. The van der Waals surface area contributed by atoms with Gasteiger partial charge in [0, 0.05) is 37.0 Å². The van der Waals surface area contributed by atoms with Gasteiger partial charge in [0.15, 0.2) is 17.2 Å². The van der Waals surface area contributed by atoms with E-state index in [1.807, 2.05) is 117 Å². The van der Waals surface area contributed by atoms with E-state index in [9.17, 15) is 14.7 Å². The number of cyclic esters (lactones) is 1. The molecule has 0 spiro atoms. The summed E-state index contributed by atoms with van der Waals surface area (Å²) in [5.74, 6) is -3.47. The zero-order chi connectivity index (χ0) is 49.5. The zero-order valence-electron chi connectivity index (χ0n) is 42.5. The third-order valence-corrected chi connectivity index (χ3v) is 19.5. The van der Waals surface area contributed by atoms with E-state index >= 15 is 4.79 Å². The number of ketones is 1. The van der Waals surface area contributed by atoms with Gasteiger partial charge in [0.05, 0.1) is 25.2 Å². The number of amides is 2. The number of hydrogen-bond donors (Lipinski definition) is 1. The van der Waals surface area contributed by atoms with Gasteiger partial charge in [-0.3, -0.25) is 9.59 Å². The van der Waals surface area contributed by atoms with Crippen molar-refractivity contribution in [3.63, 3.8) is 0 Å². The quantitative estimate of drug-likeness (QED) is 0.0376. The largest absolute Gasteiger partial charge is 0.430 e. The van der Waals surface area contributed by atoms with Crippen LogP contribution in [0.4, 0.5) is 4.79 Å². The van der Waals surface area contributed by atoms with Crippen molar-refractivity contribution < 1.29 is 38.1 Å². The average Bonchev–Trinajstić information content (AvgIpc) is 3.95. The fourth-order valence-corrected chi connectivity index (χ4v) is 15.5. The number of benzene rings is 4. The zero-order valence-corrected chi connectivity index (χ0v) is 43.5. The fourth-order valence-electron chi connectivity index (χ4n) is 11.0.